The van der Waals surface area contributed by atoms with Crippen molar-refractivity contribution in [3.8, 4) is 0 Å². The molecule has 2 aromatic rings. The monoisotopic (exact) mass is 289 g/mol. The fourth-order valence-electron chi connectivity index (χ4n) is 1.65. The average molecular weight is 289 g/mol. The number of rotatable bonds is 4. The van der Waals surface area contributed by atoms with Crippen LogP contribution in [0.1, 0.15) is 33.3 Å². The number of oxime groups is 1. The second kappa shape index (κ2) is 6.10. The summed E-state index contributed by atoms with van der Waals surface area (Å²) >= 11 is 0. The Morgan fingerprint density at radius 1 is 1.29 bits per heavy atom. The van der Waals surface area contributed by atoms with Crippen molar-refractivity contribution < 1.29 is 14.3 Å². The molecule has 0 saturated carbocycles. The number of benzene rings is 1. The molecule has 0 bridgehead atoms. The topological polar surface area (TPSA) is 61.0 Å². The molecule has 5 nitrogen and oxygen atoms in total. The number of fused-ring (bicyclic) bond motifs is 1. The summed E-state index contributed by atoms with van der Waals surface area (Å²) in [5, 5.41) is 4.63. The SMILES string of the molecule is C/C(=N/OOCC(C)(C)C)c1cc2ccccc2oc1=O. The lowest BCUT2D eigenvalue weighted by atomic mass is 9.99. The van der Waals surface area contributed by atoms with Gasteiger partial charge in [0.05, 0.1) is 11.3 Å². The van der Waals surface area contributed by atoms with E-state index < -0.39 is 5.63 Å². The van der Waals surface area contributed by atoms with Crippen molar-refractivity contribution in [1.29, 1.82) is 0 Å². The van der Waals surface area contributed by atoms with Gasteiger partial charge in [0.25, 0.3) is 0 Å². The second-order valence-corrected chi connectivity index (χ2v) is 6.06. The average Bonchev–Trinajstić information content (AvgIpc) is 2.41. The third kappa shape index (κ3) is 4.16. The molecule has 0 atom stereocenters. The zero-order chi connectivity index (χ0) is 15.5. The maximum absolute atomic E-state index is 11.9. The van der Waals surface area contributed by atoms with Crippen molar-refractivity contribution in [2.24, 2.45) is 10.6 Å². The molecule has 1 aromatic carbocycles. The molecule has 0 unspecified atom stereocenters. The van der Waals surface area contributed by atoms with Crippen molar-refractivity contribution in [2.45, 2.75) is 27.7 Å². The molecule has 0 N–H and O–H groups in total. The Labute approximate surface area is 123 Å². The van der Waals surface area contributed by atoms with E-state index in [2.05, 4.69) is 5.16 Å². The van der Waals surface area contributed by atoms with Gasteiger partial charge in [-0.15, -0.1) is 0 Å². The molecule has 2 rings (SSSR count). The maximum atomic E-state index is 11.9. The van der Waals surface area contributed by atoms with Gasteiger partial charge in [-0.3, -0.25) is 0 Å². The van der Waals surface area contributed by atoms with E-state index in [0.29, 0.717) is 23.5 Å². The highest BCUT2D eigenvalue weighted by atomic mass is 17.3. The molecule has 0 fully saturated rings. The summed E-state index contributed by atoms with van der Waals surface area (Å²) in [6, 6.07) is 9.03. The van der Waals surface area contributed by atoms with Gasteiger partial charge in [0.2, 0.25) is 0 Å². The lowest BCUT2D eigenvalue weighted by Gasteiger charge is -2.15. The van der Waals surface area contributed by atoms with Gasteiger partial charge < -0.3 is 4.42 Å². The highest BCUT2D eigenvalue weighted by molar-refractivity contribution is 6.00. The Morgan fingerprint density at radius 3 is 2.71 bits per heavy atom. The summed E-state index contributed by atoms with van der Waals surface area (Å²) < 4.78 is 5.24. The van der Waals surface area contributed by atoms with Crippen molar-refractivity contribution in [2.75, 3.05) is 6.61 Å². The van der Waals surface area contributed by atoms with Crippen molar-refractivity contribution in [3.63, 3.8) is 0 Å². The predicted molar refractivity (Wildman–Crippen MR) is 81.2 cm³/mol. The molecule has 1 aromatic heterocycles. The lowest BCUT2D eigenvalue weighted by molar-refractivity contribution is -0.308. The molecular formula is C16H19NO4. The summed E-state index contributed by atoms with van der Waals surface area (Å²) in [5.41, 5.74) is 0.834. The van der Waals surface area contributed by atoms with Crippen LogP contribution in [0.4, 0.5) is 0 Å². The summed E-state index contributed by atoms with van der Waals surface area (Å²) in [5.74, 6) is 0. The number of para-hydroxylation sites is 1. The van der Waals surface area contributed by atoms with Gasteiger partial charge >= 0.3 is 5.63 Å². The van der Waals surface area contributed by atoms with Crippen molar-refractivity contribution in [1.82, 2.24) is 0 Å². The van der Waals surface area contributed by atoms with Gasteiger partial charge in [-0.25, -0.2) is 9.78 Å². The van der Waals surface area contributed by atoms with E-state index in [0.717, 1.165) is 5.39 Å². The molecule has 0 amide bonds. The molecule has 5 heteroatoms. The van der Waals surface area contributed by atoms with Crippen molar-refractivity contribution >= 4 is 16.7 Å². The van der Waals surface area contributed by atoms with Gasteiger partial charge in [-0.05, 0) is 29.6 Å². The molecule has 0 aliphatic carbocycles. The molecule has 112 valence electrons. The Kier molecular flexibility index (Phi) is 4.43. The fourth-order valence-corrected chi connectivity index (χ4v) is 1.65. The highest BCUT2D eigenvalue weighted by Gasteiger charge is 2.12. The first-order valence-electron chi connectivity index (χ1n) is 6.73. The van der Waals surface area contributed by atoms with Crippen LogP contribution in [0.2, 0.25) is 0 Å². The minimum atomic E-state index is -0.450. The summed E-state index contributed by atoms with van der Waals surface area (Å²) in [4.78, 5) is 21.7. The molecule has 0 saturated heterocycles. The fraction of sp³-hybridized carbons (Fsp3) is 0.375. The second-order valence-electron chi connectivity index (χ2n) is 6.06. The first-order chi connectivity index (χ1) is 9.87. The van der Waals surface area contributed by atoms with E-state index in [1.807, 2.05) is 39.0 Å². The highest BCUT2D eigenvalue weighted by Crippen LogP contribution is 2.14. The van der Waals surface area contributed by atoms with Crippen LogP contribution in [0.25, 0.3) is 11.0 Å². The van der Waals surface area contributed by atoms with Crippen LogP contribution in [0.3, 0.4) is 0 Å². The molecule has 0 aliphatic rings. The van der Waals surface area contributed by atoms with Gasteiger partial charge in [0, 0.05) is 5.39 Å². The third-order valence-electron chi connectivity index (χ3n) is 2.75. The summed E-state index contributed by atoms with van der Waals surface area (Å²) in [6.45, 7) is 8.12. The molecule has 21 heavy (non-hydrogen) atoms. The van der Waals surface area contributed by atoms with Gasteiger partial charge in [0.15, 0.2) is 0 Å². The maximum Gasteiger partial charge on any atom is 0.345 e. The summed E-state index contributed by atoms with van der Waals surface area (Å²) in [6.07, 6.45) is 0. The molecular weight excluding hydrogens is 270 g/mol. The standard InChI is InChI=1S/C16H19NO4/c1-11(17-21-19-10-16(2,3)4)13-9-12-7-5-6-8-14(12)20-15(13)18/h5-9H,10H2,1-4H3/b17-11-. The third-order valence-corrected chi connectivity index (χ3v) is 2.75. The first kappa shape index (κ1) is 15.3. The van der Waals surface area contributed by atoms with Crippen LogP contribution in [-0.4, -0.2) is 12.3 Å². The van der Waals surface area contributed by atoms with Crippen LogP contribution in [0, 0.1) is 5.41 Å². The Morgan fingerprint density at radius 2 is 2.00 bits per heavy atom. The minimum Gasteiger partial charge on any atom is -0.422 e. The molecule has 1 heterocycles. The normalized spacial score (nSPS) is 12.7. The molecule has 0 aliphatic heterocycles. The minimum absolute atomic E-state index is 0.0224. The zero-order valence-electron chi connectivity index (χ0n) is 12.7. The quantitative estimate of drug-likeness (QED) is 0.284. The largest absolute Gasteiger partial charge is 0.422 e. The van der Waals surface area contributed by atoms with E-state index >= 15 is 0 Å². The number of hydrogen-bond donors (Lipinski definition) is 0. The smallest absolute Gasteiger partial charge is 0.345 e. The van der Waals surface area contributed by atoms with Gasteiger partial charge in [0.1, 0.15) is 12.2 Å². The van der Waals surface area contributed by atoms with E-state index in [4.69, 9.17) is 14.3 Å². The van der Waals surface area contributed by atoms with Crippen LogP contribution >= 0.6 is 0 Å². The molecule has 0 spiro atoms. The number of nitrogens with zero attached hydrogens (tertiary/aromatic N) is 1. The van der Waals surface area contributed by atoms with Crippen LogP contribution in [-0.2, 0) is 9.88 Å². The lowest BCUT2D eigenvalue weighted by Crippen LogP contribution is -2.15. The van der Waals surface area contributed by atoms with E-state index in [1.165, 1.54) is 0 Å². The zero-order valence-corrected chi connectivity index (χ0v) is 12.7. The van der Waals surface area contributed by atoms with Gasteiger partial charge in [-0.1, -0.05) is 39.0 Å². The van der Waals surface area contributed by atoms with Crippen LogP contribution in [0.15, 0.2) is 44.7 Å². The van der Waals surface area contributed by atoms with Crippen molar-refractivity contribution in [3.05, 3.63) is 46.3 Å². The van der Waals surface area contributed by atoms with E-state index in [9.17, 15) is 4.79 Å². The Balaban J connectivity index is 2.17. The first-order valence-corrected chi connectivity index (χ1v) is 6.73. The van der Waals surface area contributed by atoms with Crippen LogP contribution < -0.4 is 5.63 Å². The van der Waals surface area contributed by atoms with Gasteiger partial charge in [-0.2, -0.15) is 4.89 Å². The molecule has 0 radical (unpaired) electrons. The van der Waals surface area contributed by atoms with E-state index in [-0.39, 0.29) is 5.41 Å². The number of hydrogen-bond acceptors (Lipinski definition) is 5. The van der Waals surface area contributed by atoms with Crippen LogP contribution in [0.5, 0.6) is 0 Å². The predicted octanol–water partition coefficient (Wildman–Crippen LogP) is 3.51. The van der Waals surface area contributed by atoms with E-state index in [1.54, 1.807) is 19.1 Å². The Bertz CT molecular complexity index is 710. The summed E-state index contributed by atoms with van der Waals surface area (Å²) in [7, 11) is 0. The Hall–Kier alpha value is -2.14.